The van der Waals surface area contributed by atoms with Crippen molar-refractivity contribution in [3.8, 4) is 0 Å². The van der Waals surface area contributed by atoms with Crippen molar-refractivity contribution in [3.05, 3.63) is 59.4 Å². The van der Waals surface area contributed by atoms with Gasteiger partial charge in [0.1, 0.15) is 5.82 Å². The summed E-state index contributed by atoms with van der Waals surface area (Å²) in [4.78, 5) is 23.4. The predicted octanol–water partition coefficient (Wildman–Crippen LogP) is 2.02. The van der Waals surface area contributed by atoms with Crippen molar-refractivity contribution < 1.29 is 14.0 Å². The quantitative estimate of drug-likeness (QED) is 0.755. The van der Waals surface area contributed by atoms with Gasteiger partial charge in [0.05, 0.1) is 11.3 Å². The topological polar surface area (TPSA) is 84.2 Å². The molecule has 0 heterocycles. The van der Waals surface area contributed by atoms with Gasteiger partial charge in [0.15, 0.2) is 0 Å². The van der Waals surface area contributed by atoms with Gasteiger partial charge in [-0.15, -0.1) is 0 Å². The molecule has 0 radical (unpaired) electrons. The maximum Gasteiger partial charge on any atom is 0.257 e. The molecule has 2 amide bonds. The van der Waals surface area contributed by atoms with E-state index in [9.17, 15) is 14.0 Å². The van der Waals surface area contributed by atoms with Crippen LogP contribution in [0.1, 0.15) is 20.7 Å². The van der Waals surface area contributed by atoms with E-state index in [2.05, 4.69) is 10.6 Å². The van der Waals surface area contributed by atoms with Gasteiger partial charge in [-0.3, -0.25) is 9.59 Å². The fourth-order valence-electron chi connectivity index (χ4n) is 1.78. The first-order valence-electron chi connectivity index (χ1n) is 6.20. The average Bonchev–Trinajstić information content (AvgIpc) is 2.50. The van der Waals surface area contributed by atoms with Gasteiger partial charge in [-0.2, -0.15) is 0 Å². The summed E-state index contributed by atoms with van der Waals surface area (Å²) in [5, 5.41) is 5.09. The van der Waals surface area contributed by atoms with Crippen LogP contribution in [0.4, 0.5) is 15.8 Å². The number of rotatable bonds is 3. The Morgan fingerprint density at radius 3 is 2.33 bits per heavy atom. The van der Waals surface area contributed by atoms with Gasteiger partial charge >= 0.3 is 0 Å². The molecule has 5 nitrogen and oxygen atoms in total. The number of benzene rings is 2. The molecule has 2 rings (SSSR count). The minimum absolute atomic E-state index is 0.0605. The fourth-order valence-corrected chi connectivity index (χ4v) is 1.78. The third-order valence-corrected chi connectivity index (χ3v) is 2.93. The minimum atomic E-state index is -0.641. The van der Waals surface area contributed by atoms with Crippen LogP contribution < -0.4 is 16.4 Å². The maximum atomic E-state index is 13.3. The second kappa shape index (κ2) is 6.04. The number of nitrogen functional groups attached to an aromatic ring is 1. The highest BCUT2D eigenvalue weighted by Gasteiger charge is 2.13. The van der Waals surface area contributed by atoms with Crippen molar-refractivity contribution in [2.75, 3.05) is 18.1 Å². The third-order valence-electron chi connectivity index (χ3n) is 2.93. The Labute approximate surface area is 121 Å². The third kappa shape index (κ3) is 3.17. The van der Waals surface area contributed by atoms with Crippen LogP contribution >= 0.6 is 0 Å². The van der Waals surface area contributed by atoms with Gasteiger partial charge in [0, 0.05) is 18.3 Å². The van der Waals surface area contributed by atoms with Gasteiger partial charge < -0.3 is 16.4 Å². The van der Waals surface area contributed by atoms with Gasteiger partial charge in [-0.1, -0.05) is 6.07 Å². The van der Waals surface area contributed by atoms with Crippen LogP contribution in [0.25, 0.3) is 0 Å². The minimum Gasteiger partial charge on any atom is -0.396 e. The standard InChI is InChI=1S/C15H14FN3O2/c1-18-14(20)9-5-7-10(8-6-9)19-15(21)11-3-2-4-12(16)13(11)17/h2-8H,17H2,1H3,(H,18,20)(H,19,21). The molecular formula is C15H14FN3O2. The van der Waals surface area contributed by atoms with Crippen molar-refractivity contribution in [2.45, 2.75) is 0 Å². The molecule has 21 heavy (non-hydrogen) atoms. The number of nitrogens with two attached hydrogens (primary N) is 1. The monoisotopic (exact) mass is 287 g/mol. The highest BCUT2D eigenvalue weighted by molar-refractivity contribution is 6.08. The number of amides is 2. The molecule has 0 fully saturated rings. The second-order valence-electron chi connectivity index (χ2n) is 4.31. The number of para-hydroxylation sites is 1. The molecule has 2 aromatic rings. The van der Waals surface area contributed by atoms with Gasteiger partial charge in [0.25, 0.3) is 11.8 Å². The Bertz CT molecular complexity index is 684. The zero-order valence-corrected chi connectivity index (χ0v) is 11.3. The normalized spacial score (nSPS) is 10.0. The zero-order chi connectivity index (χ0) is 15.4. The molecule has 4 N–H and O–H groups in total. The Hall–Kier alpha value is -2.89. The number of carbonyl (C=O) groups excluding carboxylic acids is 2. The fraction of sp³-hybridized carbons (Fsp3) is 0.0667. The van der Waals surface area contributed by atoms with E-state index in [0.717, 1.165) is 0 Å². The number of hydrogen-bond donors (Lipinski definition) is 3. The number of anilines is 2. The van der Waals surface area contributed by atoms with Crippen LogP contribution in [0, 0.1) is 5.82 Å². The highest BCUT2D eigenvalue weighted by atomic mass is 19.1. The Morgan fingerprint density at radius 2 is 1.71 bits per heavy atom. The molecule has 6 heteroatoms. The van der Waals surface area contributed by atoms with E-state index >= 15 is 0 Å². The van der Waals surface area contributed by atoms with Gasteiger partial charge in [0.2, 0.25) is 0 Å². The summed E-state index contributed by atoms with van der Waals surface area (Å²) >= 11 is 0. The lowest BCUT2D eigenvalue weighted by molar-refractivity contribution is 0.0962. The zero-order valence-electron chi connectivity index (χ0n) is 11.3. The van der Waals surface area contributed by atoms with Crippen molar-refractivity contribution in [1.82, 2.24) is 5.32 Å². The number of hydrogen-bond acceptors (Lipinski definition) is 3. The summed E-state index contributed by atoms with van der Waals surface area (Å²) in [6, 6.07) is 10.3. The molecule has 108 valence electrons. The van der Waals surface area contributed by atoms with E-state index in [1.807, 2.05) is 0 Å². The largest absolute Gasteiger partial charge is 0.396 e. The van der Waals surface area contributed by atoms with E-state index in [1.165, 1.54) is 25.2 Å². The summed E-state index contributed by atoms with van der Waals surface area (Å²) in [6.07, 6.45) is 0. The Balaban J connectivity index is 2.16. The van der Waals surface area contributed by atoms with Crippen LogP contribution in [-0.4, -0.2) is 18.9 Å². The summed E-state index contributed by atoms with van der Waals surface area (Å²) < 4.78 is 13.3. The lowest BCUT2D eigenvalue weighted by atomic mass is 10.1. The smallest absolute Gasteiger partial charge is 0.257 e. The van der Waals surface area contributed by atoms with Crippen molar-refractivity contribution >= 4 is 23.2 Å². The molecule has 2 aromatic carbocycles. The second-order valence-corrected chi connectivity index (χ2v) is 4.31. The molecule has 0 aromatic heterocycles. The Morgan fingerprint density at radius 1 is 1.05 bits per heavy atom. The van der Waals surface area contributed by atoms with E-state index in [-0.39, 0.29) is 17.2 Å². The summed E-state index contributed by atoms with van der Waals surface area (Å²) in [5.41, 5.74) is 6.35. The van der Waals surface area contributed by atoms with Crippen LogP contribution in [0.15, 0.2) is 42.5 Å². The highest BCUT2D eigenvalue weighted by Crippen LogP contribution is 2.18. The molecule has 0 saturated carbocycles. The number of halogens is 1. The maximum absolute atomic E-state index is 13.3. The molecule has 0 spiro atoms. The molecule has 0 saturated heterocycles. The van der Waals surface area contributed by atoms with Crippen LogP contribution in [0.2, 0.25) is 0 Å². The summed E-state index contributed by atoms with van der Waals surface area (Å²) in [6.45, 7) is 0. The Kier molecular flexibility index (Phi) is 4.18. The molecule has 0 aliphatic heterocycles. The first-order chi connectivity index (χ1) is 10.0. The van der Waals surface area contributed by atoms with E-state index in [1.54, 1.807) is 24.3 Å². The van der Waals surface area contributed by atoms with E-state index in [0.29, 0.717) is 11.3 Å². The molecule has 0 aliphatic carbocycles. The average molecular weight is 287 g/mol. The van der Waals surface area contributed by atoms with E-state index < -0.39 is 11.7 Å². The summed E-state index contributed by atoms with van der Waals surface area (Å²) in [5.74, 6) is -1.38. The van der Waals surface area contributed by atoms with Crippen LogP contribution in [0.5, 0.6) is 0 Å². The van der Waals surface area contributed by atoms with E-state index in [4.69, 9.17) is 5.73 Å². The lowest BCUT2D eigenvalue weighted by Crippen LogP contribution is -2.18. The first-order valence-corrected chi connectivity index (χ1v) is 6.20. The molecule has 0 aliphatic rings. The van der Waals surface area contributed by atoms with Crippen molar-refractivity contribution in [1.29, 1.82) is 0 Å². The SMILES string of the molecule is CNC(=O)c1ccc(NC(=O)c2cccc(F)c2N)cc1. The summed E-state index contributed by atoms with van der Waals surface area (Å²) in [7, 11) is 1.53. The van der Waals surface area contributed by atoms with Crippen molar-refractivity contribution in [2.24, 2.45) is 0 Å². The number of carbonyl (C=O) groups is 2. The van der Waals surface area contributed by atoms with Crippen molar-refractivity contribution in [3.63, 3.8) is 0 Å². The lowest BCUT2D eigenvalue weighted by Gasteiger charge is -2.08. The predicted molar refractivity (Wildman–Crippen MR) is 78.6 cm³/mol. The van der Waals surface area contributed by atoms with Gasteiger partial charge in [-0.25, -0.2) is 4.39 Å². The van der Waals surface area contributed by atoms with Gasteiger partial charge in [-0.05, 0) is 36.4 Å². The molecular weight excluding hydrogens is 273 g/mol. The first kappa shape index (κ1) is 14.5. The molecule has 0 atom stereocenters. The van der Waals surface area contributed by atoms with Crippen LogP contribution in [-0.2, 0) is 0 Å². The number of nitrogens with one attached hydrogen (secondary N) is 2. The molecule has 0 unspecified atom stereocenters. The van der Waals surface area contributed by atoms with Crippen LogP contribution in [0.3, 0.4) is 0 Å². The molecule has 0 bridgehead atoms.